The topological polar surface area (TPSA) is 32.3 Å². The van der Waals surface area contributed by atoms with Crippen molar-refractivity contribution in [3.05, 3.63) is 0 Å². The minimum absolute atomic E-state index is 0.0556. The lowest BCUT2D eigenvalue weighted by molar-refractivity contribution is -0.129. The molecular weight excluding hydrogens is 128 g/mol. The summed E-state index contributed by atoms with van der Waals surface area (Å²) in [5.41, 5.74) is 0. The zero-order valence-electron chi connectivity index (χ0n) is 6.72. The molecule has 1 fully saturated rings. The van der Waals surface area contributed by atoms with Crippen LogP contribution < -0.4 is 5.32 Å². The normalized spacial score (nSPS) is 33.5. The molecule has 0 bridgehead atoms. The first kappa shape index (κ1) is 7.54. The van der Waals surface area contributed by atoms with Crippen molar-refractivity contribution in [2.45, 2.75) is 25.4 Å². The minimum Gasteiger partial charge on any atom is -0.342 e. The van der Waals surface area contributed by atoms with Gasteiger partial charge in [-0.15, -0.1) is 0 Å². The predicted octanol–water partition coefficient (Wildman–Crippen LogP) is -0.175. The van der Waals surface area contributed by atoms with Crippen LogP contribution in [-0.4, -0.2) is 37.0 Å². The fourth-order valence-electron chi connectivity index (χ4n) is 1.30. The summed E-state index contributed by atoms with van der Waals surface area (Å²) in [4.78, 5) is 13.0. The second-order valence-corrected chi connectivity index (χ2v) is 2.88. The first-order valence-electron chi connectivity index (χ1n) is 3.60. The molecule has 1 amide bonds. The van der Waals surface area contributed by atoms with Crippen molar-refractivity contribution >= 4 is 5.91 Å². The summed E-state index contributed by atoms with van der Waals surface area (Å²) in [5.74, 6) is 0.218. The fraction of sp³-hybridized carbons (Fsp3) is 0.857. The van der Waals surface area contributed by atoms with Gasteiger partial charge in [-0.05, 0) is 20.4 Å². The Labute approximate surface area is 61.4 Å². The highest BCUT2D eigenvalue weighted by Crippen LogP contribution is 2.15. The molecule has 2 atom stereocenters. The zero-order chi connectivity index (χ0) is 7.72. The molecule has 0 aromatic carbocycles. The third-order valence-corrected chi connectivity index (χ3v) is 2.23. The van der Waals surface area contributed by atoms with Gasteiger partial charge in [0.05, 0.1) is 6.04 Å². The van der Waals surface area contributed by atoms with Crippen molar-refractivity contribution in [3.8, 4) is 0 Å². The Bertz CT molecular complexity index is 147. The molecule has 1 aliphatic heterocycles. The second-order valence-electron chi connectivity index (χ2n) is 2.88. The highest BCUT2D eigenvalue weighted by molar-refractivity contribution is 5.84. The zero-order valence-corrected chi connectivity index (χ0v) is 6.72. The molecule has 1 saturated heterocycles. The Balaban J connectivity index is 2.62. The molecule has 0 spiro atoms. The van der Waals surface area contributed by atoms with Crippen LogP contribution in [-0.2, 0) is 4.79 Å². The first-order valence-corrected chi connectivity index (χ1v) is 3.60. The van der Waals surface area contributed by atoms with Crippen LogP contribution >= 0.6 is 0 Å². The molecule has 3 heteroatoms. The van der Waals surface area contributed by atoms with E-state index in [1.54, 1.807) is 4.90 Å². The Kier molecular flexibility index (Phi) is 1.94. The lowest BCUT2D eigenvalue weighted by Gasteiger charge is -2.13. The van der Waals surface area contributed by atoms with E-state index in [9.17, 15) is 4.79 Å². The molecule has 1 rings (SSSR count). The van der Waals surface area contributed by atoms with Gasteiger partial charge in [-0.2, -0.15) is 0 Å². The SMILES string of the molecule is CNC1CC(C)N(C)C1=O. The summed E-state index contributed by atoms with van der Waals surface area (Å²) in [5, 5.41) is 2.98. The Morgan fingerprint density at radius 1 is 1.70 bits per heavy atom. The van der Waals surface area contributed by atoms with E-state index in [2.05, 4.69) is 12.2 Å². The Hall–Kier alpha value is -0.570. The van der Waals surface area contributed by atoms with E-state index in [1.807, 2.05) is 14.1 Å². The van der Waals surface area contributed by atoms with Crippen LogP contribution in [0.1, 0.15) is 13.3 Å². The molecular formula is C7H14N2O. The monoisotopic (exact) mass is 142 g/mol. The minimum atomic E-state index is 0.0556. The molecule has 3 nitrogen and oxygen atoms in total. The molecule has 0 aliphatic carbocycles. The number of nitrogens with one attached hydrogen (secondary N) is 1. The van der Waals surface area contributed by atoms with E-state index >= 15 is 0 Å². The molecule has 1 heterocycles. The molecule has 2 unspecified atom stereocenters. The predicted molar refractivity (Wildman–Crippen MR) is 39.7 cm³/mol. The van der Waals surface area contributed by atoms with Gasteiger partial charge < -0.3 is 10.2 Å². The number of hydrogen-bond donors (Lipinski definition) is 1. The quantitative estimate of drug-likeness (QED) is 0.551. The summed E-state index contributed by atoms with van der Waals surface area (Å²) >= 11 is 0. The number of likely N-dealkylation sites (N-methyl/N-ethyl adjacent to an activating group) is 2. The molecule has 10 heavy (non-hydrogen) atoms. The average molecular weight is 142 g/mol. The molecule has 0 saturated carbocycles. The molecule has 0 radical (unpaired) electrons. The third-order valence-electron chi connectivity index (χ3n) is 2.23. The lowest BCUT2D eigenvalue weighted by atomic mass is 10.2. The molecule has 1 N–H and O–H groups in total. The van der Waals surface area contributed by atoms with Crippen LogP contribution in [0.5, 0.6) is 0 Å². The molecule has 0 aromatic rings. The lowest BCUT2D eigenvalue weighted by Crippen LogP contribution is -2.34. The fourth-order valence-corrected chi connectivity index (χ4v) is 1.30. The van der Waals surface area contributed by atoms with Crippen LogP contribution in [0.25, 0.3) is 0 Å². The Morgan fingerprint density at radius 3 is 2.50 bits per heavy atom. The summed E-state index contributed by atoms with van der Waals surface area (Å²) in [6, 6.07) is 0.449. The van der Waals surface area contributed by atoms with Crippen LogP contribution in [0.2, 0.25) is 0 Å². The maximum Gasteiger partial charge on any atom is 0.239 e. The maximum atomic E-state index is 11.2. The van der Waals surface area contributed by atoms with Crippen LogP contribution in [0, 0.1) is 0 Å². The number of nitrogens with zero attached hydrogens (tertiary/aromatic N) is 1. The van der Waals surface area contributed by atoms with Crippen LogP contribution in [0.4, 0.5) is 0 Å². The smallest absolute Gasteiger partial charge is 0.239 e. The molecule has 58 valence electrons. The van der Waals surface area contributed by atoms with Crippen molar-refractivity contribution in [1.82, 2.24) is 10.2 Å². The highest BCUT2D eigenvalue weighted by atomic mass is 16.2. The number of likely N-dealkylation sites (tertiary alicyclic amines) is 1. The van der Waals surface area contributed by atoms with E-state index in [0.29, 0.717) is 6.04 Å². The number of hydrogen-bond acceptors (Lipinski definition) is 2. The summed E-state index contributed by atoms with van der Waals surface area (Å²) < 4.78 is 0. The van der Waals surface area contributed by atoms with Gasteiger partial charge in [0.2, 0.25) is 5.91 Å². The second kappa shape index (κ2) is 2.58. The van der Waals surface area contributed by atoms with E-state index in [0.717, 1.165) is 6.42 Å². The Morgan fingerprint density at radius 2 is 2.30 bits per heavy atom. The summed E-state index contributed by atoms with van der Waals surface area (Å²) in [7, 11) is 3.68. The number of carbonyl (C=O) groups is 1. The summed E-state index contributed by atoms with van der Waals surface area (Å²) in [6.45, 7) is 2.06. The first-order chi connectivity index (χ1) is 4.66. The maximum absolute atomic E-state index is 11.2. The number of rotatable bonds is 1. The highest BCUT2D eigenvalue weighted by Gasteiger charge is 2.32. The van der Waals surface area contributed by atoms with Crippen LogP contribution in [0.15, 0.2) is 0 Å². The van der Waals surface area contributed by atoms with Gasteiger partial charge in [0.1, 0.15) is 0 Å². The van der Waals surface area contributed by atoms with Gasteiger partial charge in [0, 0.05) is 13.1 Å². The van der Waals surface area contributed by atoms with Gasteiger partial charge in [0.15, 0.2) is 0 Å². The van der Waals surface area contributed by atoms with Gasteiger partial charge in [-0.25, -0.2) is 0 Å². The van der Waals surface area contributed by atoms with Crippen molar-refractivity contribution < 1.29 is 4.79 Å². The van der Waals surface area contributed by atoms with Crippen molar-refractivity contribution in [1.29, 1.82) is 0 Å². The van der Waals surface area contributed by atoms with Crippen molar-refractivity contribution in [2.24, 2.45) is 0 Å². The van der Waals surface area contributed by atoms with Gasteiger partial charge >= 0.3 is 0 Å². The molecule has 0 aromatic heterocycles. The van der Waals surface area contributed by atoms with Gasteiger partial charge in [-0.1, -0.05) is 0 Å². The van der Waals surface area contributed by atoms with Gasteiger partial charge in [-0.3, -0.25) is 4.79 Å². The van der Waals surface area contributed by atoms with E-state index in [4.69, 9.17) is 0 Å². The number of amides is 1. The van der Waals surface area contributed by atoms with Crippen molar-refractivity contribution in [3.63, 3.8) is 0 Å². The third kappa shape index (κ3) is 1.01. The van der Waals surface area contributed by atoms with E-state index in [-0.39, 0.29) is 11.9 Å². The largest absolute Gasteiger partial charge is 0.342 e. The van der Waals surface area contributed by atoms with E-state index in [1.165, 1.54) is 0 Å². The number of carbonyl (C=O) groups excluding carboxylic acids is 1. The van der Waals surface area contributed by atoms with Crippen molar-refractivity contribution in [2.75, 3.05) is 14.1 Å². The summed E-state index contributed by atoms with van der Waals surface area (Å²) in [6.07, 6.45) is 0.936. The van der Waals surface area contributed by atoms with Gasteiger partial charge in [0.25, 0.3) is 0 Å². The van der Waals surface area contributed by atoms with Crippen LogP contribution in [0.3, 0.4) is 0 Å². The van der Waals surface area contributed by atoms with E-state index < -0.39 is 0 Å². The molecule has 1 aliphatic rings. The standard InChI is InChI=1S/C7H14N2O/c1-5-4-6(8-2)7(10)9(5)3/h5-6,8H,4H2,1-3H3. The average Bonchev–Trinajstić information content (AvgIpc) is 2.17.